The van der Waals surface area contributed by atoms with E-state index in [9.17, 15) is 4.79 Å². The third-order valence-corrected chi connectivity index (χ3v) is 4.73. The molecule has 1 aromatic heterocycles. The Morgan fingerprint density at radius 2 is 1.84 bits per heavy atom. The molecule has 1 aliphatic heterocycles. The summed E-state index contributed by atoms with van der Waals surface area (Å²) in [6.45, 7) is 6.99. The van der Waals surface area contributed by atoms with Crippen LogP contribution in [-0.2, 0) is 0 Å². The van der Waals surface area contributed by atoms with Gasteiger partial charge >= 0.3 is 0 Å². The van der Waals surface area contributed by atoms with Crippen LogP contribution >= 0.6 is 23.2 Å². The van der Waals surface area contributed by atoms with Gasteiger partial charge in [0.15, 0.2) is 0 Å². The average molecular weight is 380 g/mol. The monoisotopic (exact) mass is 379 g/mol. The van der Waals surface area contributed by atoms with E-state index in [1.807, 2.05) is 0 Å². The van der Waals surface area contributed by atoms with Crippen LogP contribution in [0, 0.1) is 0 Å². The number of likely N-dealkylation sites (N-methyl/N-ethyl adjacent to an activating group) is 1. The molecule has 1 saturated heterocycles. The van der Waals surface area contributed by atoms with E-state index in [1.54, 1.807) is 18.2 Å². The Morgan fingerprint density at radius 1 is 1.16 bits per heavy atom. The van der Waals surface area contributed by atoms with Crippen molar-refractivity contribution < 1.29 is 4.79 Å². The summed E-state index contributed by atoms with van der Waals surface area (Å²) >= 11 is 11.9. The fourth-order valence-electron chi connectivity index (χ4n) is 2.65. The summed E-state index contributed by atoms with van der Waals surface area (Å²) in [5.41, 5.74) is 0.873. The fraction of sp³-hybridized carbons (Fsp3) is 0.353. The zero-order valence-electron chi connectivity index (χ0n) is 13.9. The standard InChI is InChI=1S/C17H19Cl2N5O/c1-2-23-5-7-24(8-6-23)17-20-10-12(11-21-17)16(25)22-15-4-3-13(18)9-14(15)19/h3-4,9-11H,2,5-8H2,1H3,(H,22,25). The van der Waals surface area contributed by atoms with E-state index in [2.05, 4.69) is 32.0 Å². The molecule has 2 aromatic rings. The maximum atomic E-state index is 12.3. The van der Waals surface area contributed by atoms with E-state index in [0.29, 0.717) is 27.2 Å². The average Bonchev–Trinajstić information content (AvgIpc) is 2.64. The van der Waals surface area contributed by atoms with Gasteiger partial charge in [0.1, 0.15) is 0 Å². The Kier molecular flexibility index (Phi) is 5.73. The quantitative estimate of drug-likeness (QED) is 0.883. The maximum Gasteiger partial charge on any atom is 0.258 e. The number of anilines is 2. The topological polar surface area (TPSA) is 61.4 Å². The number of nitrogens with one attached hydrogen (secondary N) is 1. The number of nitrogens with zero attached hydrogens (tertiary/aromatic N) is 4. The molecular formula is C17H19Cl2N5O. The molecule has 132 valence electrons. The minimum Gasteiger partial charge on any atom is -0.338 e. The first kappa shape index (κ1) is 17.9. The van der Waals surface area contributed by atoms with Gasteiger partial charge in [-0.05, 0) is 24.7 Å². The van der Waals surface area contributed by atoms with Crippen LogP contribution in [0.5, 0.6) is 0 Å². The predicted octanol–water partition coefficient (Wildman–Crippen LogP) is 3.18. The molecule has 0 spiro atoms. The normalized spacial score (nSPS) is 15.2. The van der Waals surface area contributed by atoms with Gasteiger partial charge in [0.2, 0.25) is 5.95 Å². The van der Waals surface area contributed by atoms with Crippen molar-refractivity contribution in [1.82, 2.24) is 14.9 Å². The Bertz CT molecular complexity index is 745. The Hall–Kier alpha value is -1.89. The number of halogens is 2. The molecular weight excluding hydrogens is 361 g/mol. The summed E-state index contributed by atoms with van der Waals surface area (Å²) < 4.78 is 0. The number of amides is 1. The molecule has 1 fully saturated rings. The van der Waals surface area contributed by atoms with E-state index in [1.165, 1.54) is 12.4 Å². The summed E-state index contributed by atoms with van der Waals surface area (Å²) in [6.07, 6.45) is 3.07. The predicted molar refractivity (Wildman–Crippen MR) is 101 cm³/mol. The van der Waals surface area contributed by atoms with E-state index >= 15 is 0 Å². The second-order valence-electron chi connectivity index (χ2n) is 5.77. The number of benzene rings is 1. The molecule has 25 heavy (non-hydrogen) atoms. The first-order valence-corrected chi connectivity index (χ1v) is 8.88. The number of hydrogen-bond acceptors (Lipinski definition) is 5. The Balaban J connectivity index is 1.64. The van der Waals surface area contributed by atoms with Crippen molar-refractivity contribution in [3.8, 4) is 0 Å². The molecule has 0 radical (unpaired) electrons. The molecule has 2 heterocycles. The number of aromatic nitrogens is 2. The Labute approximate surface area is 156 Å². The third-order valence-electron chi connectivity index (χ3n) is 4.18. The third kappa shape index (κ3) is 4.39. The fourth-order valence-corrected chi connectivity index (χ4v) is 3.11. The molecule has 1 aromatic carbocycles. The van der Waals surface area contributed by atoms with E-state index in [4.69, 9.17) is 23.2 Å². The first-order chi connectivity index (χ1) is 12.1. The lowest BCUT2D eigenvalue weighted by Gasteiger charge is -2.33. The van der Waals surface area contributed by atoms with Crippen LogP contribution in [-0.4, -0.2) is 53.5 Å². The summed E-state index contributed by atoms with van der Waals surface area (Å²) in [5.74, 6) is 0.336. The van der Waals surface area contributed by atoms with Gasteiger partial charge in [-0.1, -0.05) is 30.1 Å². The largest absolute Gasteiger partial charge is 0.338 e. The maximum absolute atomic E-state index is 12.3. The van der Waals surface area contributed by atoms with Crippen molar-refractivity contribution in [3.05, 3.63) is 46.2 Å². The van der Waals surface area contributed by atoms with Gasteiger partial charge in [-0.25, -0.2) is 9.97 Å². The summed E-state index contributed by atoms with van der Waals surface area (Å²) in [5, 5.41) is 3.63. The highest BCUT2D eigenvalue weighted by Gasteiger charge is 2.18. The molecule has 8 heteroatoms. The summed E-state index contributed by atoms with van der Waals surface area (Å²) in [7, 11) is 0. The van der Waals surface area contributed by atoms with E-state index < -0.39 is 0 Å². The Morgan fingerprint density at radius 3 is 2.44 bits per heavy atom. The molecule has 0 saturated carbocycles. The van der Waals surface area contributed by atoms with Crippen LogP contribution in [0.4, 0.5) is 11.6 Å². The van der Waals surface area contributed by atoms with Crippen molar-refractivity contribution >= 4 is 40.7 Å². The van der Waals surface area contributed by atoms with Crippen LogP contribution in [0.25, 0.3) is 0 Å². The van der Waals surface area contributed by atoms with Gasteiger partial charge in [0.25, 0.3) is 5.91 Å². The molecule has 1 aliphatic rings. The van der Waals surface area contributed by atoms with Gasteiger partial charge in [-0.15, -0.1) is 0 Å². The van der Waals surface area contributed by atoms with Crippen LogP contribution in [0.15, 0.2) is 30.6 Å². The van der Waals surface area contributed by atoms with Gasteiger partial charge in [-0.2, -0.15) is 0 Å². The lowest BCUT2D eigenvalue weighted by Crippen LogP contribution is -2.46. The number of carbonyl (C=O) groups excluding carboxylic acids is 1. The van der Waals surface area contributed by atoms with Gasteiger partial charge in [0.05, 0.1) is 16.3 Å². The smallest absolute Gasteiger partial charge is 0.258 e. The van der Waals surface area contributed by atoms with Crippen LogP contribution < -0.4 is 10.2 Å². The molecule has 6 nitrogen and oxygen atoms in total. The summed E-state index contributed by atoms with van der Waals surface area (Å²) in [6, 6.07) is 4.90. The van der Waals surface area contributed by atoms with Gasteiger partial charge in [0, 0.05) is 43.6 Å². The molecule has 1 amide bonds. The number of hydrogen-bond donors (Lipinski definition) is 1. The minimum atomic E-state index is -0.313. The zero-order valence-corrected chi connectivity index (χ0v) is 15.4. The molecule has 0 atom stereocenters. The van der Waals surface area contributed by atoms with Crippen molar-refractivity contribution in [2.45, 2.75) is 6.92 Å². The SMILES string of the molecule is CCN1CCN(c2ncc(C(=O)Nc3ccc(Cl)cc3Cl)cn2)CC1. The number of piperazine rings is 1. The van der Waals surface area contributed by atoms with Crippen molar-refractivity contribution in [3.63, 3.8) is 0 Å². The van der Waals surface area contributed by atoms with Crippen molar-refractivity contribution in [1.29, 1.82) is 0 Å². The number of carbonyl (C=O) groups is 1. The molecule has 0 bridgehead atoms. The van der Waals surface area contributed by atoms with Crippen LogP contribution in [0.2, 0.25) is 10.0 Å². The molecule has 0 unspecified atom stereocenters. The van der Waals surface area contributed by atoms with Crippen molar-refractivity contribution in [2.24, 2.45) is 0 Å². The zero-order chi connectivity index (χ0) is 17.8. The molecule has 0 aliphatic carbocycles. The molecule has 1 N–H and O–H groups in total. The first-order valence-electron chi connectivity index (χ1n) is 8.12. The van der Waals surface area contributed by atoms with Gasteiger partial charge < -0.3 is 15.1 Å². The van der Waals surface area contributed by atoms with E-state index in [-0.39, 0.29) is 5.91 Å². The highest BCUT2D eigenvalue weighted by molar-refractivity contribution is 6.36. The highest BCUT2D eigenvalue weighted by atomic mass is 35.5. The van der Waals surface area contributed by atoms with Crippen LogP contribution in [0.1, 0.15) is 17.3 Å². The highest BCUT2D eigenvalue weighted by Crippen LogP contribution is 2.25. The minimum absolute atomic E-state index is 0.313. The van der Waals surface area contributed by atoms with Crippen LogP contribution in [0.3, 0.4) is 0 Å². The lowest BCUT2D eigenvalue weighted by molar-refractivity contribution is 0.102. The summed E-state index contributed by atoms with van der Waals surface area (Å²) in [4.78, 5) is 25.5. The second kappa shape index (κ2) is 7.99. The number of rotatable bonds is 4. The van der Waals surface area contributed by atoms with Gasteiger partial charge in [-0.3, -0.25) is 4.79 Å². The molecule has 3 rings (SSSR count). The second-order valence-corrected chi connectivity index (χ2v) is 6.61. The van der Waals surface area contributed by atoms with Crippen molar-refractivity contribution in [2.75, 3.05) is 42.9 Å². The van der Waals surface area contributed by atoms with E-state index in [0.717, 1.165) is 32.7 Å². The lowest BCUT2D eigenvalue weighted by atomic mass is 10.2.